The molecule has 1 aliphatic heterocycles. The summed E-state index contributed by atoms with van der Waals surface area (Å²) in [5.41, 5.74) is 2.79. The van der Waals surface area contributed by atoms with Crippen LogP contribution < -0.4 is 29.1 Å². The third-order valence-corrected chi connectivity index (χ3v) is 8.06. The summed E-state index contributed by atoms with van der Waals surface area (Å²) in [6.45, 7) is 6.11. The number of carboxylic acid groups (broad SMARTS) is 1. The van der Waals surface area contributed by atoms with Crippen molar-refractivity contribution in [3.05, 3.63) is 120 Å². The van der Waals surface area contributed by atoms with Crippen molar-refractivity contribution in [1.82, 2.24) is 4.57 Å². The Hall–Kier alpha value is -5.16. The van der Waals surface area contributed by atoms with Crippen LogP contribution in [-0.4, -0.2) is 41.9 Å². The number of carboxylic acids is 1. The minimum absolute atomic E-state index is 0.175. The summed E-state index contributed by atoms with van der Waals surface area (Å²) >= 11 is 1.23. The maximum atomic E-state index is 14.0. The minimum atomic E-state index is -0.996. The van der Waals surface area contributed by atoms with Crippen molar-refractivity contribution in [3.63, 3.8) is 0 Å². The zero-order valence-electron chi connectivity index (χ0n) is 25.2. The molecule has 0 aliphatic carbocycles. The molecule has 0 saturated heterocycles. The number of hydrogen-bond acceptors (Lipinski definition) is 9. The first-order valence-corrected chi connectivity index (χ1v) is 15.1. The zero-order valence-corrected chi connectivity index (χ0v) is 26.1. The summed E-state index contributed by atoms with van der Waals surface area (Å²) in [7, 11) is 1.55. The second kappa shape index (κ2) is 13.6. The Balaban J connectivity index is 1.50. The quantitative estimate of drug-likeness (QED) is 0.241. The lowest BCUT2D eigenvalue weighted by Crippen LogP contribution is -2.40. The molecule has 0 fully saturated rings. The molecule has 0 amide bonds. The first-order valence-electron chi connectivity index (χ1n) is 14.3. The van der Waals surface area contributed by atoms with Crippen LogP contribution >= 0.6 is 11.3 Å². The SMILES string of the molecule is CCOC(=O)C1=C(C)N=c2s/c(=C\c3ccc(OCc4cccc(C(=O)O)c4)cc3)c(=O)n2[C@@H]1c1ccc(OC)c(OCC)c1. The van der Waals surface area contributed by atoms with E-state index in [2.05, 4.69) is 4.99 Å². The van der Waals surface area contributed by atoms with Crippen molar-refractivity contribution < 1.29 is 33.6 Å². The molecule has 45 heavy (non-hydrogen) atoms. The fourth-order valence-corrected chi connectivity index (χ4v) is 6.06. The monoisotopic (exact) mass is 628 g/mol. The van der Waals surface area contributed by atoms with Gasteiger partial charge in [-0.15, -0.1) is 0 Å². The molecular formula is C34H32N2O8S. The van der Waals surface area contributed by atoms with E-state index >= 15 is 0 Å². The van der Waals surface area contributed by atoms with E-state index in [9.17, 15) is 19.5 Å². The van der Waals surface area contributed by atoms with Gasteiger partial charge in [-0.2, -0.15) is 0 Å². The number of rotatable bonds is 11. The summed E-state index contributed by atoms with van der Waals surface area (Å²) in [5, 5.41) is 9.21. The molecule has 1 aromatic heterocycles. The molecule has 5 rings (SSSR count). The van der Waals surface area contributed by atoms with Gasteiger partial charge in [-0.3, -0.25) is 9.36 Å². The fourth-order valence-electron chi connectivity index (χ4n) is 5.01. The van der Waals surface area contributed by atoms with E-state index in [-0.39, 0.29) is 29.9 Å². The highest BCUT2D eigenvalue weighted by molar-refractivity contribution is 7.07. The van der Waals surface area contributed by atoms with E-state index in [1.807, 2.05) is 19.1 Å². The summed E-state index contributed by atoms with van der Waals surface area (Å²) in [5.74, 6) is 0.0806. The highest BCUT2D eigenvalue weighted by atomic mass is 32.1. The van der Waals surface area contributed by atoms with E-state index in [0.29, 0.717) is 44.4 Å². The van der Waals surface area contributed by atoms with Crippen molar-refractivity contribution in [3.8, 4) is 17.2 Å². The Labute approximate surface area is 263 Å². The Morgan fingerprint density at radius 2 is 1.78 bits per heavy atom. The van der Waals surface area contributed by atoms with Crippen LogP contribution in [0.3, 0.4) is 0 Å². The van der Waals surface area contributed by atoms with Gasteiger partial charge in [0.1, 0.15) is 12.4 Å². The predicted molar refractivity (Wildman–Crippen MR) is 169 cm³/mol. The first-order chi connectivity index (χ1) is 21.7. The molecule has 2 heterocycles. The van der Waals surface area contributed by atoms with Crippen LogP contribution in [-0.2, 0) is 16.1 Å². The molecule has 4 aromatic rings. The normalized spacial score (nSPS) is 14.4. The minimum Gasteiger partial charge on any atom is -0.493 e. The number of nitrogens with zero attached hydrogens (tertiary/aromatic N) is 2. The van der Waals surface area contributed by atoms with Gasteiger partial charge in [0.2, 0.25) is 0 Å². The number of hydrogen-bond donors (Lipinski definition) is 1. The Morgan fingerprint density at radius 3 is 2.47 bits per heavy atom. The van der Waals surface area contributed by atoms with E-state index in [1.165, 1.54) is 22.0 Å². The van der Waals surface area contributed by atoms with Crippen molar-refractivity contribution in [1.29, 1.82) is 0 Å². The molecule has 11 heteroatoms. The summed E-state index contributed by atoms with van der Waals surface area (Å²) in [6, 6.07) is 18.3. The molecule has 10 nitrogen and oxygen atoms in total. The van der Waals surface area contributed by atoms with Crippen molar-refractivity contribution in [2.24, 2.45) is 4.99 Å². The number of fused-ring (bicyclic) bond motifs is 1. The highest BCUT2D eigenvalue weighted by Gasteiger charge is 2.34. The number of esters is 1. The van der Waals surface area contributed by atoms with Crippen LogP contribution in [0.5, 0.6) is 17.2 Å². The molecule has 1 atom stereocenters. The van der Waals surface area contributed by atoms with Gasteiger partial charge >= 0.3 is 11.9 Å². The van der Waals surface area contributed by atoms with Crippen LogP contribution in [0, 0.1) is 0 Å². The van der Waals surface area contributed by atoms with Gasteiger partial charge in [0.05, 0.1) is 47.7 Å². The van der Waals surface area contributed by atoms with Crippen LogP contribution in [0.2, 0.25) is 0 Å². The van der Waals surface area contributed by atoms with Gasteiger partial charge in [-0.25, -0.2) is 14.6 Å². The van der Waals surface area contributed by atoms with Gasteiger partial charge in [0.25, 0.3) is 5.56 Å². The van der Waals surface area contributed by atoms with Crippen LogP contribution in [0.4, 0.5) is 0 Å². The highest BCUT2D eigenvalue weighted by Crippen LogP contribution is 2.36. The number of allylic oxidation sites excluding steroid dienone is 1. The average Bonchev–Trinajstić information content (AvgIpc) is 3.34. The van der Waals surface area contributed by atoms with E-state index in [4.69, 9.17) is 18.9 Å². The third-order valence-electron chi connectivity index (χ3n) is 7.08. The summed E-state index contributed by atoms with van der Waals surface area (Å²) in [6.07, 6.45) is 1.77. The number of carbonyl (C=O) groups is 2. The van der Waals surface area contributed by atoms with Gasteiger partial charge in [-0.1, -0.05) is 41.7 Å². The molecular weight excluding hydrogens is 596 g/mol. The molecule has 232 valence electrons. The zero-order chi connectivity index (χ0) is 32.1. The number of aromatic nitrogens is 1. The van der Waals surface area contributed by atoms with Crippen LogP contribution in [0.15, 0.2) is 87.8 Å². The lowest BCUT2D eigenvalue weighted by molar-refractivity contribution is -0.139. The van der Waals surface area contributed by atoms with E-state index < -0.39 is 18.0 Å². The van der Waals surface area contributed by atoms with Crippen LogP contribution in [0.1, 0.15) is 53.9 Å². The third kappa shape index (κ3) is 6.68. The lowest BCUT2D eigenvalue weighted by atomic mass is 9.95. The standard InChI is InChI=1S/C34H32N2O8S/c1-5-42-27-18-23(12-15-26(27)41-4)30-29(33(40)43-6-2)20(3)35-34-36(30)31(37)28(45-34)17-21-10-13-25(14-11-21)44-19-22-8-7-9-24(16-22)32(38)39/h7-18,30H,5-6,19H2,1-4H3,(H,38,39)/b28-17-/t30-/m1/s1. The molecule has 0 spiro atoms. The Morgan fingerprint density at radius 1 is 1.00 bits per heavy atom. The maximum absolute atomic E-state index is 14.0. The number of thiazole rings is 1. The molecule has 0 unspecified atom stereocenters. The number of aromatic carboxylic acids is 1. The van der Waals surface area contributed by atoms with Gasteiger partial charge in [0, 0.05) is 0 Å². The maximum Gasteiger partial charge on any atom is 0.338 e. The molecule has 1 N–H and O–H groups in total. The summed E-state index contributed by atoms with van der Waals surface area (Å²) < 4.78 is 24.4. The average molecular weight is 629 g/mol. The lowest BCUT2D eigenvalue weighted by Gasteiger charge is -2.25. The molecule has 0 saturated carbocycles. The van der Waals surface area contributed by atoms with Crippen LogP contribution in [0.25, 0.3) is 6.08 Å². The Bertz CT molecular complexity index is 1960. The largest absolute Gasteiger partial charge is 0.493 e. The Kier molecular flexibility index (Phi) is 9.48. The van der Waals surface area contributed by atoms with Gasteiger partial charge in [0.15, 0.2) is 16.3 Å². The second-order valence-electron chi connectivity index (χ2n) is 10.0. The number of carbonyl (C=O) groups excluding carboxylic acids is 1. The fraction of sp³-hybridized carbons (Fsp3) is 0.235. The second-order valence-corrected chi connectivity index (χ2v) is 11.0. The number of ether oxygens (including phenoxy) is 4. The molecule has 0 bridgehead atoms. The van der Waals surface area contributed by atoms with Crippen molar-refractivity contribution in [2.45, 2.75) is 33.4 Å². The molecule has 1 aliphatic rings. The molecule has 3 aromatic carbocycles. The first kappa shape index (κ1) is 31.3. The number of methoxy groups -OCH3 is 1. The van der Waals surface area contributed by atoms with Crippen molar-refractivity contribution >= 4 is 29.4 Å². The number of benzene rings is 3. The topological polar surface area (TPSA) is 126 Å². The predicted octanol–water partition coefficient (Wildman–Crippen LogP) is 4.48. The van der Waals surface area contributed by atoms with Gasteiger partial charge in [-0.05, 0) is 79.9 Å². The smallest absolute Gasteiger partial charge is 0.338 e. The summed E-state index contributed by atoms with van der Waals surface area (Å²) in [4.78, 5) is 43.5. The van der Waals surface area contributed by atoms with Gasteiger partial charge < -0.3 is 24.1 Å². The van der Waals surface area contributed by atoms with Crippen molar-refractivity contribution in [2.75, 3.05) is 20.3 Å². The van der Waals surface area contributed by atoms with E-state index in [0.717, 1.165) is 11.1 Å². The molecule has 0 radical (unpaired) electrons. The van der Waals surface area contributed by atoms with E-state index in [1.54, 1.807) is 75.6 Å².